The molecule has 2 rings (SSSR count). The molecular weight excluding hydrogens is 260 g/mol. The average Bonchev–Trinajstić information content (AvgIpc) is 2.92. The predicted molar refractivity (Wildman–Crippen MR) is 72.3 cm³/mol. The number of carbonyl (C=O) groups excluding carboxylic acids is 1. The zero-order valence-corrected chi connectivity index (χ0v) is 11.1. The van der Waals surface area contributed by atoms with E-state index in [0.29, 0.717) is 11.1 Å². The van der Waals surface area contributed by atoms with E-state index in [9.17, 15) is 14.9 Å². The van der Waals surface area contributed by atoms with E-state index in [1.807, 2.05) is 6.92 Å². The summed E-state index contributed by atoms with van der Waals surface area (Å²) >= 11 is 0. The van der Waals surface area contributed by atoms with Gasteiger partial charge >= 0.3 is 0 Å². The monoisotopic (exact) mass is 274 g/mol. The van der Waals surface area contributed by atoms with E-state index in [1.54, 1.807) is 19.3 Å². The number of amides is 1. The number of aromatic nitrogens is 2. The Bertz CT molecular complexity index is 637. The van der Waals surface area contributed by atoms with Crippen molar-refractivity contribution in [1.82, 2.24) is 15.5 Å². The van der Waals surface area contributed by atoms with Crippen LogP contribution in [0.1, 0.15) is 34.5 Å². The van der Waals surface area contributed by atoms with Crippen molar-refractivity contribution in [3.63, 3.8) is 0 Å². The van der Waals surface area contributed by atoms with E-state index in [1.165, 1.54) is 18.2 Å². The molecule has 0 saturated carbocycles. The normalized spacial score (nSPS) is 11.9. The third-order valence-corrected chi connectivity index (χ3v) is 3.03. The first kappa shape index (κ1) is 13.7. The van der Waals surface area contributed by atoms with E-state index >= 15 is 0 Å². The molecule has 20 heavy (non-hydrogen) atoms. The number of hydrogen-bond acceptors (Lipinski definition) is 4. The number of H-pyrrole nitrogens is 1. The maximum absolute atomic E-state index is 12.1. The molecule has 0 spiro atoms. The van der Waals surface area contributed by atoms with Crippen LogP contribution in [0.5, 0.6) is 0 Å². The topological polar surface area (TPSA) is 101 Å². The number of nitrogens with one attached hydrogen (secondary N) is 2. The molecule has 0 fully saturated rings. The quantitative estimate of drug-likeness (QED) is 0.658. The minimum Gasteiger partial charge on any atom is -0.345 e. The van der Waals surface area contributed by atoms with Gasteiger partial charge in [0.05, 0.1) is 17.2 Å². The first-order valence-electron chi connectivity index (χ1n) is 6.03. The number of carbonyl (C=O) groups is 1. The molecule has 7 nitrogen and oxygen atoms in total. The average molecular weight is 274 g/mol. The summed E-state index contributed by atoms with van der Waals surface area (Å²) in [5.74, 6) is -0.272. The lowest BCUT2D eigenvalue weighted by atomic mass is 10.1. The molecule has 0 bridgehead atoms. The number of rotatable bonds is 4. The van der Waals surface area contributed by atoms with Crippen LogP contribution in [-0.4, -0.2) is 21.0 Å². The molecule has 1 aromatic carbocycles. The van der Waals surface area contributed by atoms with Gasteiger partial charge in [-0.25, -0.2) is 0 Å². The third kappa shape index (κ3) is 2.82. The molecule has 1 unspecified atom stereocenters. The molecule has 7 heteroatoms. The van der Waals surface area contributed by atoms with Gasteiger partial charge in [-0.15, -0.1) is 0 Å². The van der Waals surface area contributed by atoms with Crippen molar-refractivity contribution in [2.24, 2.45) is 0 Å². The fraction of sp³-hybridized carbons (Fsp3) is 0.231. The maximum Gasteiger partial charge on any atom is 0.269 e. The van der Waals surface area contributed by atoms with Gasteiger partial charge in [0.15, 0.2) is 0 Å². The van der Waals surface area contributed by atoms with Gasteiger partial charge in [0.2, 0.25) is 0 Å². The highest BCUT2D eigenvalue weighted by molar-refractivity contribution is 5.96. The Hall–Kier alpha value is -2.70. The number of hydrogen-bond donors (Lipinski definition) is 2. The van der Waals surface area contributed by atoms with Crippen molar-refractivity contribution in [1.29, 1.82) is 0 Å². The molecule has 1 aromatic heterocycles. The number of nitro benzene ring substituents is 1. The highest BCUT2D eigenvalue weighted by atomic mass is 16.6. The first-order chi connectivity index (χ1) is 9.49. The Kier molecular flexibility index (Phi) is 3.79. The molecule has 0 aliphatic carbocycles. The smallest absolute Gasteiger partial charge is 0.269 e. The van der Waals surface area contributed by atoms with E-state index in [-0.39, 0.29) is 17.6 Å². The molecule has 2 N–H and O–H groups in total. The van der Waals surface area contributed by atoms with Crippen LogP contribution in [0, 0.1) is 17.0 Å². The molecule has 1 atom stereocenters. The second-order valence-corrected chi connectivity index (χ2v) is 4.48. The van der Waals surface area contributed by atoms with Gasteiger partial charge in [-0.1, -0.05) is 0 Å². The van der Waals surface area contributed by atoms with Gasteiger partial charge in [-0.2, -0.15) is 5.10 Å². The fourth-order valence-corrected chi connectivity index (χ4v) is 1.87. The van der Waals surface area contributed by atoms with Gasteiger partial charge < -0.3 is 5.32 Å². The predicted octanol–water partition coefficient (Wildman–Crippen LogP) is 2.12. The summed E-state index contributed by atoms with van der Waals surface area (Å²) in [6.45, 7) is 3.51. The summed E-state index contributed by atoms with van der Waals surface area (Å²) in [6.07, 6.45) is 3.33. The van der Waals surface area contributed by atoms with Crippen LogP contribution in [0.15, 0.2) is 30.6 Å². The summed E-state index contributed by atoms with van der Waals surface area (Å²) in [4.78, 5) is 22.3. The van der Waals surface area contributed by atoms with E-state index in [4.69, 9.17) is 0 Å². The molecule has 2 aromatic rings. The maximum atomic E-state index is 12.1. The van der Waals surface area contributed by atoms with Crippen molar-refractivity contribution in [2.75, 3.05) is 0 Å². The molecule has 104 valence electrons. The first-order valence-corrected chi connectivity index (χ1v) is 6.03. The Labute approximate surface area is 115 Å². The molecule has 0 saturated heterocycles. The lowest BCUT2D eigenvalue weighted by Gasteiger charge is -2.13. The molecular formula is C13H14N4O3. The molecule has 1 heterocycles. The molecule has 1 amide bonds. The Morgan fingerprint density at radius 1 is 1.50 bits per heavy atom. The number of aromatic amines is 1. The summed E-state index contributed by atoms with van der Waals surface area (Å²) in [6, 6.07) is 3.98. The highest BCUT2D eigenvalue weighted by Gasteiger charge is 2.16. The minimum atomic E-state index is -0.483. The number of benzene rings is 1. The second kappa shape index (κ2) is 5.52. The van der Waals surface area contributed by atoms with Gasteiger partial charge in [0, 0.05) is 29.5 Å². The number of nitrogens with zero attached hydrogens (tertiary/aromatic N) is 2. The summed E-state index contributed by atoms with van der Waals surface area (Å²) in [7, 11) is 0. The SMILES string of the molecule is Cc1cc([N+](=O)[O-])ccc1C(=O)NC(C)c1cn[nH]c1. The van der Waals surface area contributed by atoms with E-state index < -0.39 is 4.92 Å². The van der Waals surface area contributed by atoms with Crippen molar-refractivity contribution in [3.8, 4) is 0 Å². The van der Waals surface area contributed by atoms with E-state index in [0.717, 1.165) is 5.56 Å². The minimum absolute atomic E-state index is 0.0260. The van der Waals surface area contributed by atoms with Crippen LogP contribution < -0.4 is 5.32 Å². The Morgan fingerprint density at radius 3 is 2.80 bits per heavy atom. The van der Waals surface area contributed by atoms with Gasteiger partial charge in [0.1, 0.15) is 0 Å². The standard InChI is InChI=1S/C13H14N4O3/c1-8-5-11(17(19)20)3-4-12(8)13(18)16-9(2)10-6-14-15-7-10/h3-7,9H,1-2H3,(H,14,15)(H,16,18). The van der Waals surface area contributed by atoms with Crippen LogP contribution in [-0.2, 0) is 0 Å². The van der Waals surface area contributed by atoms with E-state index in [2.05, 4.69) is 15.5 Å². The van der Waals surface area contributed by atoms with Crippen molar-refractivity contribution >= 4 is 11.6 Å². The lowest BCUT2D eigenvalue weighted by Crippen LogP contribution is -2.27. The fourth-order valence-electron chi connectivity index (χ4n) is 1.87. The van der Waals surface area contributed by atoms with Crippen LogP contribution in [0.2, 0.25) is 0 Å². The molecule has 0 radical (unpaired) electrons. The van der Waals surface area contributed by atoms with Gasteiger partial charge in [-0.3, -0.25) is 20.0 Å². The Balaban J connectivity index is 2.15. The summed E-state index contributed by atoms with van der Waals surface area (Å²) in [5, 5.41) is 20.0. The summed E-state index contributed by atoms with van der Waals surface area (Å²) < 4.78 is 0. The lowest BCUT2D eigenvalue weighted by molar-refractivity contribution is -0.384. The third-order valence-electron chi connectivity index (χ3n) is 3.03. The largest absolute Gasteiger partial charge is 0.345 e. The zero-order chi connectivity index (χ0) is 14.7. The van der Waals surface area contributed by atoms with Gasteiger partial charge in [-0.05, 0) is 25.5 Å². The number of nitro groups is 1. The van der Waals surface area contributed by atoms with Crippen LogP contribution in [0.3, 0.4) is 0 Å². The number of aryl methyl sites for hydroxylation is 1. The van der Waals surface area contributed by atoms with Crippen LogP contribution in [0.25, 0.3) is 0 Å². The zero-order valence-electron chi connectivity index (χ0n) is 11.1. The Morgan fingerprint density at radius 2 is 2.25 bits per heavy atom. The highest BCUT2D eigenvalue weighted by Crippen LogP contribution is 2.18. The molecule has 0 aliphatic rings. The summed E-state index contributed by atoms with van der Waals surface area (Å²) in [5.41, 5.74) is 1.82. The van der Waals surface area contributed by atoms with Crippen molar-refractivity contribution in [2.45, 2.75) is 19.9 Å². The van der Waals surface area contributed by atoms with Crippen LogP contribution >= 0.6 is 0 Å². The van der Waals surface area contributed by atoms with Crippen molar-refractivity contribution < 1.29 is 9.72 Å². The van der Waals surface area contributed by atoms with Gasteiger partial charge in [0.25, 0.3) is 11.6 Å². The molecule has 0 aliphatic heterocycles. The van der Waals surface area contributed by atoms with Crippen molar-refractivity contribution in [3.05, 3.63) is 57.4 Å². The second-order valence-electron chi connectivity index (χ2n) is 4.48. The van der Waals surface area contributed by atoms with Crippen LogP contribution in [0.4, 0.5) is 5.69 Å². The number of non-ortho nitro benzene ring substituents is 1.